The fraction of sp³-hybridized carbons (Fsp3) is 0.300. The van der Waals surface area contributed by atoms with E-state index in [-0.39, 0.29) is 49.1 Å². The molecule has 1 aromatic carbocycles. The fourth-order valence-electron chi connectivity index (χ4n) is 2.38. The van der Waals surface area contributed by atoms with Crippen LogP contribution < -0.4 is 20.9 Å². The van der Waals surface area contributed by atoms with E-state index in [9.17, 15) is 24.3 Å². The molecule has 0 aliphatic rings. The molecule has 2 amide bonds. The Hall–Kier alpha value is -3.79. The summed E-state index contributed by atoms with van der Waals surface area (Å²) in [5.41, 5.74) is 5.87. The number of pyridine rings is 1. The number of anilines is 1. The van der Waals surface area contributed by atoms with Crippen molar-refractivity contribution in [3.05, 3.63) is 53.3 Å². The van der Waals surface area contributed by atoms with Gasteiger partial charge in [-0.05, 0) is 29.8 Å². The topological polar surface area (TPSA) is 166 Å². The number of benzene rings is 1. The van der Waals surface area contributed by atoms with E-state index < -0.39 is 24.8 Å². The molecule has 1 atom stereocenters. The van der Waals surface area contributed by atoms with Crippen LogP contribution in [0, 0.1) is 11.3 Å². The first kappa shape index (κ1) is 24.5. The summed E-state index contributed by atoms with van der Waals surface area (Å²) in [6.07, 6.45) is 0.183. The molecule has 0 aliphatic carbocycles. The van der Waals surface area contributed by atoms with Gasteiger partial charge in [-0.25, -0.2) is 24.4 Å². The van der Waals surface area contributed by atoms with Crippen molar-refractivity contribution in [3.8, 4) is 11.8 Å². The first-order chi connectivity index (χ1) is 15.4. The van der Waals surface area contributed by atoms with Crippen LogP contribution in [0.1, 0.15) is 21.6 Å². The predicted octanol–water partition coefficient (Wildman–Crippen LogP) is 1.20. The molecule has 0 spiro atoms. The van der Waals surface area contributed by atoms with Crippen LogP contribution >= 0.6 is 0 Å². The number of alkyl halides is 1. The van der Waals surface area contributed by atoms with Crippen molar-refractivity contribution in [2.45, 2.75) is 12.7 Å². The number of aromatic nitrogens is 1. The van der Waals surface area contributed by atoms with E-state index in [0.717, 1.165) is 0 Å². The monoisotopic (exact) mass is 447 g/mol. The lowest BCUT2D eigenvalue weighted by molar-refractivity contribution is 0.0690. The third kappa shape index (κ3) is 8.15. The number of carbonyl (C=O) groups excluding carboxylic acids is 1. The van der Waals surface area contributed by atoms with Gasteiger partial charge in [0.1, 0.15) is 36.9 Å². The van der Waals surface area contributed by atoms with Crippen molar-refractivity contribution in [2.24, 2.45) is 0 Å². The van der Waals surface area contributed by atoms with Gasteiger partial charge in [0.05, 0.1) is 30.7 Å². The van der Waals surface area contributed by atoms with Crippen molar-refractivity contribution in [2.75, 3.05) is 31.7 Å². The van der Waals surface area contributed by atoms with E-state index in [4.69, 9.17) is 14.6 Å². The maximum Gasteiger partial charge on any atom is 0.354 e. The summed E-state index contributed by atoms with van der Waals surface area (Å²) >= 11 is 0. The van der Waals surface area contributed by atoms with Gasteiger partial charge in [0.25, 0.3) is 0 Å². The summed E-state index contributed by atoms with van der Waals surface area (Å²) in [5.74, 6) is -0.914. The molecule has 12 heteroatoms. The normalized spacial score (nSPS) is 11.3. The Labute approximate surface area is 182 Å². The Morgan fingerprint density at radius 2 is 2.09 bits per heavy atom. The lowest BCUT2D eigenvalue weighted by Crippen LogP contribution is -2.45. The minimum absolute atomic E-state index is 0.0285. The van der Waals surface area contributed by atoms with Gasteiger partial charge in [0, 0.05) is 6.54 Å². The van der Waals surface area contributed by atoms with Crippen LogP contribution in [0.2, 0.25) is 0 Å². The molecule has 11 nitrogen and oxygen atoms in total. The second-order valence-corrected chi connectivity index (χ2v) is 6.35. The third-order valence-corrected chi connectivity index (χ3v) is 3.87. The number of carboxylic acids is 1. The highest BCUT2D eigenvalue weighted by atomic mass is 19.1. The highest BCUT2D eigenvalue weighted by Gasteiger charge is 2.11. The summed E-state index contributed by atoms with van der Waals surface area (Å²) in [4.78, 5) is 26.2. The van der Waals surface area contributed by atoms with Crippen LogP contribution in [0.5, 0.6) is 5.75 Å². The number of nitrogens with one attached hydrogen (secondary N) is 3. The van der Waals surface area contributed by atoms with Gasteiger partial charge >= 0.3 is 12.0 Å². The lowest BCUT2D eigenvalue weighted by Gasteiger charge is -2.15. The van der Waals surface area contributed by atoms with Crippen molar-refractivity contribution in [3.63, 3.8) is 0 Å². The number of aliphatic hydroxyl groups is 1. The van der Waals surface area contributed by atoms with Gasteiger partial charge in [-0.2, -0.15) is 5.26 Å². The van der Waals surface area contributed by atoms with Gasteiger partial charge in [0.15, 0.2) is 0 Å². The van der Waals surface area contributed by atoms with Crippen LogP contribution in [-0.2, 0) is 11.3 Å². The Bertz CT molecular complexity index is 950. The highest BCUT2D eigenvalue weighted by Crippen LogP contribution is 2.20. The van der Waals surface area contributed by atoms with Crippen molar-refractivity contribution in [1.29, 1.82) is 5.26 Å². The number of nitriles is 1. The molecule has 1 unspecified atom stereocenters. The molecule has 0 fully saturated rings. The second-order valence-electron chi connectivity index (χ2n) is 6.35. The minimum Gasteiger partial charge on any atom is -0.489 e. The van der Waals surface area contributed by atoms with Crippen LogP contribution in [-0.4, -0.2) is 59.7 Å². The maximum atomic E-state index is 12.1. The van der Waals surface area contributed by atoms with E-state index >= 15 is 0 Å². The van der Waals surface area contributed by atoms with Crippen molar-refractivity contribution in [1.82, 2.24) is 15.8 Å². The first-order valence-electron chi connectivity index (χ1n) is 9.39. The number of carbonyl (C=O) groups is 2. The van der Waals surface area contributed by atoms with E-state index in [1.807, 2.05) is 6.07 Å². The smallest absolute Gasteiger partial charge is 0.354 e. The summed E-state index contributed by atoms with van der Waals surface area (Å²) < 4.78 is 22.6. The lowest BCUT2D eigenvalue weighted by atomic mass is 10.1. The average Bonchev–Trinajstić information content (AvgIpc) is 2.78. The number of amides is 2. The molecule has 32 heavy (non-hydrogen) atoms. The Morgan fingerprint density at radius 3 is 2.75 bits per heavy atom. The molecular weight excluding hydrogens is 425 g/mol. The predicted molar refractivity (Wildman–Crippen MR) is 110 cm³/mol. The quantitative estimate of drug-likeness (QED) is 0.237. The number of ether oxygens (including phenoxy) is 2. The summed E-state index contributed by atoms with van der Waals surface area (Å²) in [5, 5.41) is 30.5. The number of aliphatic hydroxyl groups excluding tert-OH is 1. The van der Waals surface area contributed by atoms with Crippen molar-refractivity contribution < 1.29 is 33.7 Å². The molecule has 0 radical (unpaired) electrons. The van der Waals surface area contributed by atoms with Gasteiger partial charge in [-0.15, -0.1) is 0 Å². The SMILES string of the molecule is N#Cc1cc(COCCF)ccc1OCC(O)CNNC(=O)Nc1ccc(C(=O)O)nc1. The Morgan fingerprint density at radius 1 is 1.28 bits per heavy atom. The van der Waals surface area contributed by atoms with E-state index in [1.54, 1.807) is 18.2 Å². The third-order valence-electron chi connectivity index (χ3n) is 3.87. The number of halogens is 1. The summed E-state index contributed by atoms with van der Waals surface area (Å²) in [6, 6.07) is 8.74. The molecule has 170 valence electrons. The molecule has 5 N–H and O–H groups in total. The molecule has 1 aromatic heterocycles. The largest absolute Gasteiger partial charge is 0.489 e. The first-order valence-corrected chi connectivity index (χ1v) is 9.39. The van der Waals surface area contributed by atoms with Gasteiger partial charge < -0.3 is 25.0 Å². The van der Waals surface area contributed by atoms with E-state index in [2.05, 4.69) is 21.2 Å². The molecule has 0 saturated carbocycles. The molecule has 2 aromatic rings. The zero-order valence-electron chi connectivity index (χ0n) is 16.9. The summed E-state index contributed by atoms with van der Waals surface area (Å²) in [6.45, 7) is -0.659. The van der Waals surface area contributed by atoms with Crippen LogP contribution in [0.25, 0.3) is 0 Å². The van der Waals surface area contributed by atoms with Gasteiger partial charge in [-0.3, -0.25) is 5.43 Å². The number of rotatable bonds is 12. The zero-order valence-corrected chi connectivity index (χ0v) is 16.9. The summed E-state index contributed by atoms with van der Waals surface area (Å²) in [7, 11) is 0. The number of nitrogens with zero attached hydrogens (tertiary/aromatic N) is 2. The number of aromatic carboxylic acids is 1. The molecule has 0 saturated heterocycles. The second kappa shape index (κ2) is 12.8. The number of hydrazine groups is 1. The zero-order chi connectivity index (χ0) is 23.3. The van der Waals surface area contributed by atoms with E-state index in [0.29, 0.717) is 5.56 Å². The van der Waals surface area contributed by atoms with Gasteiger partial charge in [-0.1, -0.05) is 6.07 Å². The van der Waals surface area contributed by atoms with Crippen LogP contribution in [0.3, 0.4) is 0 Å². The Kier molecular flexibility index (Phi) is 9.79. The number of hydrogen-bond acceptors (Lipinski definition) is 8. The maximum absolute atomic E-state index is 12.1. The Balaban J connectivity index is 1.72. The highest BCUT2D eigenvalue weighted by molar-refractivity contribution is 5.90. The van der Waals surface area contributed by atoms with Crippen LogP contribution in [0.4, 0.5) is 14.9 Å². The standard InChI is InChI=1S/C20H22FN5O6/c21-5-6-31-11-13-1-4-18(14(7-13)8-22)32-12-16(27)10-24-26-20(30)25-15-2-3-17(19(28)29)23-9-15/h1-4,7,9,16,24,27H,5-6,10-12H2,(H,28,29)(H2,25,26,30). The number of carboxylic acid groups (broad SMARTS) is 1. The van der Waals surface area contributed by atoms with E-state index in [1.165, 1.54) is 18.3 Å². The molecular formula is C20H22FN5O6. The molecule has 1 heterocycles. The molecule has 0 bridgehead atoms. The van der Waals surface area contributed by atoms with Gasteiger partial charge in [0.2, 0.25) is 0 Å². The van der Waals surface area contributed by atoms with Crippen LogP contribution in [0.15, 0.2) is 36.5 Å². The number of hydrogen-bond donors (Lipinski definition) is 5. The molecule has 0 aliphatic heterocycles. The average molecular weight is 447 g/mol. The minimum atomic E-state index is -1.18. The number of urea groups is 1. The fourth-order valence-corrected chi connectivity index (χ4v) is 2.38. The van der Waals surface area contributed by atoms with Crippen molar-refractivity contribution >= 4 is 17.7 Å². The molecule has 2 rings (SSSR count).